The van der Waals surface area contributed by atoms with Crippen LogP contribution in [0.5, 0.6) is 17.2 Å². The largest absolute Gasteiger partial charge is 0.513 e. The molecule has 0 N–H and O–H groups in total. The molecular weight excluding hydrogens is 338 g/mol. The first-order chi connectivity index (χ1) is 11.5. The number of nitro benzene ring substituents is 1. The smallest absolute Gasteiger partial charge is 0.450 e. The van der Waals surface area contributed by atoms with E-state index in [1.54, 1.807) is 24.3 Å². The quantitative estimate of drug-likeness (QED) is 0.316. The summed E-state index contributed by atoms with van der Waals surface area (Å²) < 4.78 is 15.3. The van der Waals surface area contributed by atoms with Crippen LogP contribution >= 0.6 is 11.6 Å². The van der Waals surface area contributed by atoms with Gasteiger partial charge in [-0.25, -0.2) is 4.79 Å². The number of nitro groups is 1. The van der Waals surface area contributed by atoms with E-state index in [4.69, 9.17) is 25.8 Å². The first kappa shape index (κ1) is 17.6. The Balaban J connectivity index is 2.22. The summed E-state index contributed by atoms with van der Waals surface area (Å²) in [4.78, 5) is 22.0. The molecule has 126 valence electrons. The minimum atomic E-state index is -0.886. The van der Waals surface area contributed by atoms with Crippen LogP contribution in [0.1, 0.15) is 13.3 Å². The highest BCUT2D eigenvalue weighted by molar-refractivity contribution is 6.30. The zero-order chi connectivity index (χ0) is 17.5. The Hall–Kier alpha value is -2.80. The highest BCUT2D eigenvalue weighted by Crippen LogP contribution is 2.35. The Morgan fingerprint density at radius 3 is 2.46 bits per heavy atom. The van der Waals surface area contributed by atoms with E-state index in [1.165, 1.54) is 18.2 Å². The van der Waals surface area contributed by atoms with Crippen molar-refractivity contribution in [3.05, 3.63) is 57.6 Å². The molecule has 0 aliphatic heterocycles. The number of carbonyl (C=O) groups excluding carboxylic acids is 1. The molecule has 0 spiro atoms. The molecule has 0 saturated carbocycles. The molecule has 0 aromatic heterocycles. The van der Waals surface area contributed by atoms with Crippen molar-refractivity contribution in [2.24, 2.45) is 0 Å². The lowest BCUT2D eigenvalue weighted by Crippen LogP contribution is -2.11. The monoisotopic (exact) mass is 351 g/mol. The molecule has 2 aromatic carbocycles. The van der Waals surface area contributed by atoms with E-state index in [-0.39, 0.29) is 23.8 Å². The zero-order valence-electron chi connectivity index (χ0n) is 12.7. The number of hydrogen-bond acceptors (Lipinski definition) is 6. The second-order valence-corrected chi connectivity index (χ2v) is 5.08. The number of benzene rings is 2. The van der Waals surface area contributed by atoms with Gasteiger partial charge >= 0.3 is 11.8 Å². The molecule has 24 heavy (non-hydrogen) atoms. The van der Waals surface area contributed by atoms with Gasteiger partial charge in [0.2, 0.25) is 5.75 Å². The standard InChI is InChI=1S/C16H14ClNO6/c1-2-9-22-16(19)24-13-7-8-14(18(20)21)15(10-13)23-12-5-3-11(17)4-6-12/h3-8,10H,2,9H2,1H3. The Labute approximate surface area is 142 Å². The van der Waals surface area contributed by atoms with Crippen LogP contribution in [-0.4, -0.2) is 17.7 Å². The van der Waals surface area contributed by atoms with Crippen LogP contribution in [0.15, 0.2) is 42.5 Å². The van der Waals surface area contributed by atoms with Crippen molar-refractivity contribution >= 4 is 23.4 Å². The van der Waals surface area contributed by atoms with Crippen LogP contribution in [0.2, 0.25) is 5.02 Å². The van der Waals surface area contributed by atoms with Crippen molar-refractivity contribution in [2.75, 3.05) is 6.61 Å². The predicted molar refractivity (Wildman–Crippen MR) is 86.9 cm³/mol. The van der Waals surface area contributed by atoms with Crippen molar-refractivity contribution in [2.45, 2.75) is 13.3 Å². The second kappa shape index (κ2) is 8.16. The van der Waals surface area contributed by atoms with Gasteiger partial charge in [0.15, 0.2) is 0 Å². The molecule has 7 nitrogen and oxygen atoms in total. The van der Waals surface area contributed by atoms with Gasteiger partial charge in [0.05, 0.1) is 11.5 Å². The lowest BCUT2D eigenvalue weighted by atomic mass is 10.2. The first-order valence-corrected chi connectivity index (χ1v) is 7.44. The minimum absolute atomic E-state index is 0.0666. The number of halogens is 1. The van der Waals surface area contributed by atoms with Crippen LogP contribution in [0.25, 0.3) is 0 Å². The summed E-state index contributed by atoms with van der Waals surface area (Å²) in [5.74, 6) is 0.363. The van der Waals surface area contributed by atoms with Crippen molar-refractivity contribution in [3.63, 3.8) is 0 Å². The molecule has 0 atom stereocenters. The van der Waals surface area contributed by atoms with Gasteiger partial charge in [0, 0.05) is 17.2 Å². The molecular formula is C16H14ClNO6. The SMILES string of the molecule is CCCOC(=O)Oc1ccc([N+](=O)[O-])c(Oc2ccc(Cl)cc2)c1. The maximum absolute atomic E-state index is 11.5. The van der Waals surface area contributed by atoms with E-state index in [0.29, 0.717) is 17.2 Å². The lowest BCUT2D eigenvalue weighted by Gasteiger charge is -2.09. The van der Waals surface area contributed by atoms with Crippen molar-refractivity contribution in [1.82, 2.24) is 0 Å². The molecule has 0 fully saturated rings. The molecule has 2 aromatic rings. The van der Waals surface area contributed by atoms with Gasteiger partial charge in [0.1, 0.15) is 11.5 Å². The summed E-state index contributed by atoms with van der Waals surface area (Å²) in [5.41, 5.74) is -0.265. The maximum atomic E-state index is 11.5. The van der Waals surface area contributed by atoms with Crippen LogP contribution in [0.3, 0.4) is 0 Å². The summed E-state index contributed by atoms with van der Waals surface area (Å²) >= 11 is 5.79. The van der Waals surface area contributed by atoms with Crippen LogP contribution in [0.4, 0.5) is 10.5 Å². The normalized spacial score (nSPS) is 10.1. The van der Waals surface area contributed by atoms with Gasteiger partial charge in [-0.1, -0.05) is 18.5 Å². The summed E-state index contributed by atoms with van der Waals surface area (Å²) in [6.07, 6.45) is -0.233. The lowest BCUT2D eigenvalue weighted by molar-refractivity contribution is -0.385. The Bertz CT molecular complexity index is 732. The van der Waals surface area contributed by atoms with Crippen LogP contribution < -0.4 is 9.47 Å². The topological polar surface area (TPSA) is 87.9 Å². The summed E-state index contributed by atoms with van der Waals surface area (Å²) in [6, 6.07) is 10.0. The summed E-state index contributed by atoms with van der Waals surface area (Å²) in [5, 5.41) is 11.6. The second-order valence-electron chi connectivity index (χ2n) is 4.64. The Kier molecular flexibility index (Phi) is 5.97. The highest BCUT2D eigenvalue weighted by Gasteiger charge is 2.18. The molecule has 0 bridgehead atoms. The number of ether oxygens (including phenoxy) is 3. The molecule has 0 amide bonds. The van der Waals surface area contributed by atoms with Crippen LogP contribution in [0, 0.1) is 10.1 Å². The number of rotatable bonds is 6. The molecule has 0 radical (unpaired) electrons. The van der Waals surface area contributed by atoms with Crippen molar-refractivity contribution < 1.29 is 23.9 Å². The van der Waals surface area contributed by atoms with Gasteiger partial charge in [-0.05, 0) is 36.8 Å². The molecule has 8 heteroatoms. The molecule has 0 unspecified atom stereocenters. The fraction of sp³-hybridized carbons (Fsp3) is 0.188. The molecule has 2 rings (SSSR count). The van der Waals surface area contributed by atoms with E-state index in [9.17, 15) is 14.9 Å². The maximum Gasteiger partial charge on any atom is 0.513 e. The summed E-state index contributed by atoms with van der Waals surface area (Å²) in [6.45, 7) is 2.07. The number of hydrogen-bond donors (Lipinski definition) is 0. The van der Waals surface area contributed by atoms with E-state index in [1.807, 2.05) is 6.92 Å². The number of carbonyl (C=O) groups is 1. The Morgan fingerprint density at radius 2 is 1.83 bits per heavy atom. The van der Waals surface area contributed by atoms with Crippen molar-refractivity contribution in [1.29, 1.82) is 0 Å². The van der Waals surface area contributed by atoms with Crippen LogP contribution in [-0.2, 0) is 4.74 Å². The fourth-order valence-electron chi connectivity index (χ4n) is 1.73. The average molecular weight is 352 g/mol. The Morgan fingerprint density at radius 1 is 1.17 bits per heavy atom. The minimum Gasteiger partial charge on any atom is -0.450 e. The highest BCUT2D eigenvalue weighted by atomic mass is 35.5. The van der Waals surface area contributed by atoms with E-state index >= 15 is 0 Å². The zero-order valence-corrected chi connectivity index (χ0v) is 13.5. The molecule has 0 aliphatic rings. The average Bonchev–Trinajstić information content (AvgIpc) is 2.55. The van der Waals surface area contributed by atoms with E-state index in [2.05, 4.69) is 0 Å². The third-order valence-electron chi connectivity index (χ3n) is 2.79. The third kappa shape index (κ3) is 4.85. The predicted octanol–water partition coefficient (Wildman–Crippen LogP) is 4.97. The molecule has 0 saturated heterocycles. The first-order valence-electron chi connectivity index (χ1n) is 7.06. The van der Waals surface area contributed by atoms with Gasteiger partial charge in [-0.2, -0.15) is 0 Å². The third-order valence-corrected chi connectivity index (χ3v) is 3.05. The van der Waals surface area contributed by atoms with Crippen molar-refractivity contribution in [3.8, 4) is 17.2 Å². The van der Waals surface area contributed by atoms with E-state index in [0.717, 1.165) is 0 Å². The van der Waals surface area contributed by atoms with E-state index < -0.39 is 11.1 Å². The van der Waals surface area contributed by atoms with Gasteiger partial charge in [0.25, 0.3) is 0 Å². The molecule has 0 heterocycles. The van der Waals surface area contributed by atoms with Gasteiger partial charge < -0.3 is 14.2 Å². The summed E-state index contributed by atoms with van der Waals surface area (Å²) in [7, 11) is 0. The fourth-order valence-corrected chi connectivity index (χ4v) is 1.86. The number of nitrogens with zero attached hydrogens (tertiary/aromatic N) is 1. The van der Waals surface area contributed by atoms with Gasteiger partial charge in [-0.15, -0.1) is 0 Å². The molecule has 0 aliphatic carbocycles. The van der Waals surface area contributed by atoms with Gasteiger partial charge in [-0.3, -0.25) is 10.1 Å².